The third-order valence-corrected chi connectivity index (χ3v) is 6.51. The van der Waals surface area contributed by atoms with Crippen LogP contribution >= 0.6 is 0 Å². The van der Waals surface area contributed by atoms with Gasteiger partial charge in [-0.05, 0) is 38.5 Å². The fraction of sp³-hybridized carbons (Fsp3) is 0.400. The van der Waals surface area contributed by atoms with Crippen molar-refractivity contribution in [3.63, 3.8) is 0 Å². The van der Waals surface area contributed by atoms with E-state index in [1.807, 2.05) is 36.6 Å². The summed E-state index contributed by atoms with van der Waals surface area (Å²) in [5.74, 6) is 6.64. The highest BCUT2D eigenvalue weighted by atomic mass is 16.2. The zero-order valence-electron chi connectivity index (χ0n) is 20.4. The molecule has 10 heteroatoms. The lowest BCUT2D eigenvalue weighted by Crippen LogP contribution is -2.44. The molecule has 1 aromatic carbocycles. The summed E-state index contributed by atoms with van der Waals surface area (Å²) in [6.07, 6.45) is 0. The number of benzene rings is 1. The summed E-state index contributed by atoms with van der Waals surface area (Å²) in [6, 6.07) is 5.65. The summed E-state index contributed by atoms with van der Waals surface area (Å²) in [7, 11) is 1.66. The number of anilines is 1. The summed E-state index contributed by atoms with van der Waals surface area (Å²) in [4.78, 5) is 43.1. The standard InChI is InChI=1S/C25H28N8O2/c1-5-6-11-32-21-22(29-24(32)31-12-9-26-10-13-31)30(4)25(35)33(23(21)34)15-18-7-8-19-20(14-18)28-17(3)16(2)27-19/h7-8,14,26H,9-13,15H2,1-4H3. The zero-order valence-corrected chi connectivity index (χ0v) is 20.4. The van der Waals surface area contributed by atoms with Crippen molar-refractivity contribution >= 4 is 28.1 Å². The zero-order chi connectivity index (χ0) is 24.7. The minimum Gasteiger partial charge on any atom is -0.340 e. The highest BCUT2D eigenvalue weighted by Gasteiger charge is 2.24. The number of nitrogens with zero attached hydrogens (tertiary/aromatic N) is 7. The summed E-state index contributed by atoms with van der Waals surface area (Å²) in [5, 5.41) is 3.33. The van der Waals surface area contributed by atoms with Crippen molar-refractivity contribution in [2.24, 2.45) is 7.05 Å². The topological polar surface area (TPSA) is 103 Å². The van der Waals surface area contributed by atoms with E-state index < -0.39 is 5.69 Å². The van der Waals surface area contributed by atoms with Gasteiger partial charge in [0, 0.05) is 33.2 Å². The van der Waals surface area contributed by atoms with E-state index in [1.165, 1.54) is 9.13 Å². The van der Waals surface area contributed by atoms with Crippen molar-refractivity contribution in [2.75, 3.05) is 31.1 Å². The molecule has 180 valence electrons. The first-order valence-electron chi connectivity index (χ1n) is 11.7. The summed E-state index contributed by atoms with van der Waals surface area (Å²) >= 11 is 0. The molecular formula is C25H28N8O2. The van der Waals surface area contributed by atoms with Gasteiger partial charge in [0.25, 0.3) is 5.56 Å². The molecule has 1 aliphatic heterocycles. The molecule has 1 N–H and O–H groups in total. The first-order valence-corrected chi connectivity index (χ1v) is 11.7. The largest absolute Gasteiger partial charge is 0.340 e. The molecule has 35 heavy (non-hydrogen) atoms. The Hall–Kier alpha value is -3.97. The predicted molar refractivity (Wildman–Crippen MR) is 136 cm³/mol. The molecule has 0 bridgehead atoms. The van der Waals surface area contributed by atoms with Gasteiger partial charge in [0.2, 0.25) is 5.95 Å². The number of piperazine rings is 1. The molecule has 4 aromatic rings. The average molecular weight is 473 g/mol. The van der Waals surface area contributed by atoms with Crippen LogP contribution in [0.1, 0.15) is 23.9 Å². The monoisotopic (exact) mass is 472 g/mol. The van der Waals surface area contributed by atoms with Gasteiger partial charge in [-0.2, -0.15) is 4.98 Å². The molecule has 0 atom stereocenters. The lowest BCUT2D eigenvalue weighted by Gasteiger charge is -2.28. The molecule has 0 radical (unpaired) electrons. The Bertz CT molecular complexity index is 1630. The van der Waals surface area contributed by atoms with Crippen LogP contribution in [-0.2, 0) is 20.1 Å². The molecule has 0 aliphatic carbocycles. The van der Waals surface area contributed by atoms with Gasteiger partial charge in [-0.1, -0.05) is 12.0 Å². The van der Waals surface area contributed by atoms with Crippen LogP contribution in [0.25, 0.3) is 22.2 Å². The molecule has 0 unspecified atom stereocenters. The van der Waals surface area contributed by atoms with E-state index in [0.717, 1.165) is 54.2 Å². The molecule has 3 aromatic heterocycles. The van der Waals surface area contributed by atoms with Gasteiger partial charge in [0.1, 0.15) is 0 Å². The lowest BCUT2D eigenvalue weighted by molar-refractivity contribution is 0.572. The van der Waals surface area contributed by atoms with Crippen LogP contribution in [-0.4, -0.2) is 54.8 Å². The SMILES string of the molecule is CC#CCn1c(N2CCNCC2)nc2c1c(=O)n(Cc1ccc3nc(C)c(C)nc3c1)c(=O)n2C. The normalized spacial score (nSPS) is 13.9. The van der Waals surface area contributed by atoms with Crippen LogP contribution in [0.15, 0.2) is 27.8 Å². The Morgan fingerprint density at radius 1 is 1.00 bits per heavy atom. The van der Waals surface area contributed by atoms with Crippen molar-refractivity contribution in [1.82, 2.24) is 34.0 Å². The minimum absolute atomic E-state index is 0.125. The molecule has 0 spiro atoms. The molecule has 5 rings (SSSR count). The Labute approximate surface area is 202 Å². The van der Waals surface area contributed by atoms with Crippen molar-refractivity contribution in [1.29, 1.82) is 0 Å². The Morgan fingerprint density at radius 2 is 1.71 bits per heavy atom. The van der Waals surface area contributed by atoms with Crippen LogP contribution in [0.2, 0.25) is 0 Å². The number of rotatable bonds is 4. The Kier molecular flexibility index (Phi) is 5.86. The van der Waals surface area contributed by atoms with Crippen molar-refractivity contribution in [2.45, 2.75) is 33.9 Å². The highest BCUT2D eigenvalue weighted by Crippen LogP contribution is 2.20. The summed E-state index contributed by atoms with van der Waals surface area (Å²) in [5.41, 5.74) is 4.03. The number of aromatic nitrogens is 6. The molecule has 0 saturated carbocycles. The molecule has 1 fully saturated rings. The predicted octanol–water partition coefficient (Wildman–Crippen LogP) is 0.938. The van der Waals surface area contributed by atoms with Gasteiger partial charge in [-0.15, -0.1) is 5.92 Å². The highest BCUT2D eigenvalue weighted by molar-refractivity contribution is 5.76. The second kappa shape index (κ2) is 9.00. The molecule has 4 heterocycles. The Morgan fingerprint density at radius 3 is 2.43 bits per heavy atom. The van der Waals surface area contributed by atoms with E-state index >= 15 is 0 Å². The first kappa shape index (κ1) is 22.8. The van der Waals surface area contributed by atoms with E-state index in [0.29, 0.717) is 23.7 Å². The van der Waals surface area contributed by atoms with E-state index in [2.05, 4.69) is 32.0 Å². The number of hydrogen-bond acceptors (Lipinski definition) is 7. The van der Waals surface area contributed by atoms with Crippen molar-refractivity contribution in [3.8, 4) is 11.8 Å². The van der Waals surface area contributed by atoms with Gasteiger partial charge >= 0.3 is 5.69 Å². The second-order valence-electron chi connectivity index (χ2n) is 8.78. The van der Waals surface area contributed by atoms with Gasteiger partial charge in [-0.3, -0.25) is 18.5 Å². The van der Waals surface area contributed by atoms with Crippen molar-refractivity contribution < 1.29 is 0 Å². The first-order chi connectivity index (χ1) is 16.9. The maximum atomic E-state index is 13.7. The van der Waals surface area contributed by atoms with Gasteiger partial charge in [0.05, 0.1) is 35.5 Å². The number of nitrogens with one attached hydrogen (secondary N) is 1. The van der Waals surface area contributed by atoms with E-state index in [-0.39, 0.29) is 12.1 Å². The molecule has 10 nitrogen and oxygen atoms in total. The molecular weight excluding hydrogens is 444 g/mol. The van der Waals surface area contributed by atoms with E-state index in [9.17, 15) is 9.59 Å². The summed E-state index contributed by atoms with van der Waals surface area (Å²) < 4.78 is 4.55. The molecule has 0 amide bonds. The summed E-state index contributed by atoms with van der Waals surface area (Å²) in [6.45, 7) is 9.25. The second-order valence-corrected chi connectivity index (χ2v) is 8.78. The third-order valence-electron chi connectivity index (χ3n) is 6.51. The van der Waals surface area contributed by atoms with E-state index in [4.69, 9.17) is 4.98 Å². The average Bonchev–Trinajstić information content (AvgIpc) is 3.25. The number of fused-ring (bicyclic) bond motifs is 2. The Balaban J connectivity index is 1.66. The maximum Gasteiger partial charge on any atom is 0.332 e. The van der Waals surface area contributed by atoms with Gasteiger partial charge in [-0.25, -0.2) is 14.8 Å². The van der Waals surface area contributed by atoms with Crippen LogP contribution in [0.5, 0.6) is 0 Å². The van der Waals surface area contributed by atoms with Gasteiger partial charge in [0.15, 0.2) is 11.2 Å². The maximum absolute atomic E-state index is 13.7. The quantitative estimate of drug-likeness (QED) is 0.441. The lowest BCUT2D eigenvalue weighted by atomic mass is 10.1. The van der Waals surface area contributed by atoms with E-state index in [1.54, 1.807) is 14.0 Å². The molecule has 1 saturated heterocycles. The van der Waals surface area contributed by atoms with Crippen LogP contribution in [0, 0.1) is 25.7 Å². The third kappa shape index (κ3) is 3.98. The van der Waals surface area contributed by atoms with Crippen LogP contribution in [0.4, 0.5) is 5.95 Å². The number of aryl methyl sites for hydroxylation is 3. The van der Waals surface area contributed by atoms with Crippen LogP contribution in [0.3, 0.4) is 0 Å². The number of hydrogen-bond donors (Lipinski definition) is 1. The van der Waals surface area contributed by atoms with Crippen molar-refractivity contribution in [3.05, 3.63) is 56.0 Å². The van der Waals surface area contributed by atoms with Crippen LogP contribution < -0.4 is 21.5 Å². The minimum atomic E-state index is -0.410. The fourth-order valence-corrected chi connectivity index (χ4v) is 4.47. The fourth-order valence-electron chi connectivity index (χ4n) is 4.47. The molecule has 1 aliphatic rings. The smallest absolute Gasteiger partial charge is 0.332 e. The number of imidazole rings is 1. The van der Waals surface area contributed by atoms with Gasteiger partial charge < -0.3 is 10.2 Å².